The first kappa shape index (κ1) is 24.9. The van der Waals surface area contributed by atoms with E-state index >= 15 is 0 Å². The Kier molecular flexibility index (Phi) is 8.69. The van der Waals surface area contributed by atoms with Crippen molar-refractivity contribution in [1.82, 2.24) is 5.32 Å². The van der Waals surface area contributed by atoms with Crippen LogP contribution < -0.4 is 5.32 Å². The molecule has 0 amide bonds. The number of hydrogen-bond acceptors (Lipinski definition) is 2. The summed E-state index contributed by atoms with van der Waals surface area (Å²) in [6.45, 7) is 9.66. The van der Waals surface area contributed by atoms with E-state index in [0.29, 0.717) is 30.0 Å². The zero-order chi connectivity index (χ0) is 23.2. The molecule has 0 aromatic heterocycles. The fourth-order valence-electron chi connectivity index (χ4n) is 3.51. The molecule has 31 heavy (non-hydrogen) atoms. The number of hydrogen-bond donors (Lipinski definition) is 2. The number of rotatable bonds is 10. The van der Waals surface area contributed by atoms with E-state index in [1.165, 1.54) is 12.1 Å². The molecule has 0 aliphatic heterocycles. The van der Waals surface area contributed by atoms with Crippen LogP contribution in [0, 0.1) is 11.8 Å². The summed E-state index contributed by atoms with van der Waals surface area (Å²) >= 11 is 0. The molecular weight excluding hydrogens is 403 g/mol. The highest BCUT2D eigenvalue weighted by atomic mass is 19.4. The topological polar surface area (TPSA) is 49.3 Å². The lowest BCUT2D eigenvalue weighted by Crippen LogP contribution is -2.18. The van der Waals surface area contributed by atoms with Crippen LogP contribution in [0.1, 0.15) is 63.1 Å². The molecular formula is C25H32F3NO2. The number of halogens is 3. The molecule has 2 aromatic rings. The first-order valence-corrected chi connectivity index (χ1v) is 10.7. The van der Waals surface area contributed by atoms with Gasteiger partial charge >= 0.3 is 12.1 Å². The van der Waals surface area contributed by atoms with Crippen LogP contribution in [-0.2, 0) is 17.5 Å². The zero-order valence-electron chi connectivity index (χ0n) is 18.6. The van der Waals surface area contributed by atoms with Gasteiger partial charge in [0.25, 0.3) is 0 Å². The lowest BCUT2D eigenvalue weighted by atomic mass is 9.87. The highest BCUT2D eigenvalue weighted by Crippen LogP contribution is 2.33. The molecule has 0 aliphatic carbocycles. The molecule has 0 saturated heterocycles. The molecule has 0 spiro atoms. The van der Waals surface area contributed by atoms with E-state index in [1.807, 2.05) is 26.0 Å². The van der Waals surface area contributed by atoms with Crippen LogP contribution >= 0.6 is 0 Å². The van der Waals surface area contributed by atoms with Gasteiger partial charge in [-0.1, -0.05) is 52.0 Å². The minimum atomic E-state index is -4.39. The Morgan fingerprint density at radius 2 is 1.61 bits per heavy atom. The van der Waals surface area contributed by atoms with Gasteiger partial charge in [0.1, 0.15) is 0 Å². The fourth-order valence-corrected chi connectivity index (χ4v) is 3.51. The Hall–Kier alpha value is -2.34. The smallest absolute Gasteiger partial charge is 0.416 e. The van der Waals surface area contributed by atoms with Gasteiger partial charge in [-0.2, -0.15) is 13.2 Å². The normalized spacial score (nSPS) is 13.1. The Labute approximate surface area is 182 Å². The van der Waals surface area contributed by atoms with Crippen molar-refractivity contribution in [3.05, 3.63) is 59.2 Å². The van der Waals surface area contributed by atoms with Crippen LogP contribution in [0.2, 0.25) is 0 Å². The van der Waals surface area contributed by atoms with Gasteiger partial charge in [-0.15, -0.1) is 0 Å². The maximum atomic E-state index is 12.9. The van der Waals surface area contributed by atoms with E-state index in [-0.39, 0.29) is 5.92 Å². The lowest BCUT2D eigenvalue weighted by molar-refractivity contribution is -0.139. The van der Waals surface area contributed by atoms with E-state index in [9.17, 15) is 23.1 Å². The summed E-state index contributed by atoms with van der Waals surface area (Å²) in [5.41, 5.74) is 2.26. The molecule has 2 aromatic carbocycles. The highest BCUT2D eigenvalue weighted by molar-refractivity contribution is 5.77. The monoisotopic (exact) mass is 435 g/mol. The van der Waals surface area contributed by atoms with E-state index in [1.54, 1.807) is 6.07 Å². The molecule has 0 bridgehead atoms. The third-order valence-electron chi connectivity index (χ3n) is 5.20. The Morgan fingerprint density at radius 1 is 0.968 bits per heavy atom. The SMILES string of the molecule is CC(C)CCNCc1cc(-c2ccc(C(F)(F)F)cc2)cc([C@@H](CC(C)C)C(=O)O)c1. The predicted molar refractivity (Wildman–Crippen MR) is 118 cm³/mol. The van der Waals surface area contributed by atoms with Crippen molar-refractivity contribution in [2.24, 2.45) is 11.8 Å². The number of nitrogens with one attached hydrogen (secondary N) is 1. The number of aliphatic carboxylic acids is 1. The molecule has 0 heterocycles. The van der Waals surface area contributed by atoms with E-state index in [4.69, 9.17) is 0 Å². The Morgan fingerprint density at radius 3 is 2.13 bits per heavy atom. The maximum absolute atomic E-state index is 12.9. The first-order chi connectivity index (χ1) is 14.5. The van der Waals surface area contributed by atoms with Crippen molar-refractivity contribution in [3.8, 4) is 11.1 Å². The van der Waals surface area contributed by atoms with Crippen molar-refractivity contribution in [2.75, 3.05) is 6.54 Å². The number of carboxylic acids is 1. The molecule has 6 heteroatoms. The van der Waals surface area contributed by atoms with Crippen molar-refractivity contribution in [2.45, 2.75) is 59.2 Å². The predicted octanol–water partition coefficient (Wildman–Crippen LogP) is 6.72. The minimum Gasteiger partial charge on any atom is -0.481 e. The van der Waals surface area contributed by atoms with Crippen LogP contribution in [0.4, 0.5) is 13.2 Å². The van der Waals surface area contributed by atoms with E-state index in [2.05, 4.69) is 19.2 Å². The van der Waals surface area contributed by atoms with Crippen LogP contribution in [0.25, 0.3) is 11.1 Å². The van der Waals surface area contributed by atoms with Crippen LogP contribution in [0.5, 0.6) is 0 Å². The molecule has 0 aliphatic rings. The second kappa shape index (κ2) is 10.8. The quantitative estimate of drug-likeness (QED) is 0.407. The molecule has 1 atom stereocenters. The van der Waals surface area contributed by atoms with Crippen molar-refractivity contribution in [3.63, 3.8) is 0 Å². The van der Waals surface area contributed by atoms with Gasteiger partial charge in [-0.3, -0.25) is 4.79 Å². The standard InChI is InChI=1S/C25H32F3NO2/c1-16(2)9-10-29-15-18-12-20(19-5-7-22(8-6-19)25(26,27)28)14-21(13-18)23(24(30)31)11-17(3)4/h5-8,12-14,16-17,23,29H,9-11,15H2,1-4H3,(H,30,31)/t23-/m1/s1. The van der Waals surface area contributed by atoms with Crippen molar-refractivity contribution in [1.29, 1.82) is 0 Å². The lowest BCUT2D eigenvalue weighted by Gasteiger charge is -2.18. The van der Waals surface area contributed by atoms with Gasteiger partial charge < -0.3 is 10.4 Å². The van der Waals surface area contributed by atoms with E-state index < -0.39 is 23.6 Å². The molecule has 0 unspecified atom stereocenters. The summed E-state index contributed by atoms with van der Waals surface area (Å²) in [5, 5.41) is 13.2. The van der Waals surface area contributed by atoms with Gasteiger partial charge in [-0.25, -0.2) is 0 Å². The Bertz CT molecular complexity index is 858. The first-order valence-electron chi connectivity index (χ1n) is 10.7. The van der Waals surface area contributed by atoms with Crippen molar-refractivity contribution < 1.29 is 23.1 Å². The number of alkyl halides is 3. The Balaban J connectivity index is 2.41. The number of benzene rings is 2. The third-order valence-corrected chi connectivity index (χ3v) is 5.20. The molecule has 0 fully saturated rings. The molecule has 2 rings (SSSR count). The zero-order valence-corrected chi connectivity index (χ0v) is 18.6. The molecule has 170 valence electrons. The second-order valence-corrected chi connectivity index (χ2v) is 8.92. The van der Waals surface area contributed by atoms with E-state index in [0.717, 1.165) is 36.2 Å². The van der Waals surface area contributed by atoms with Crippen LogP contribution in [-0.4, -0.2) is 17.6 Å². The molecule has 3 nitrogen and oxygen atoms in total. The fraction of sp³-hybridized carbons (Fsp3) is 0.480. The molecule has 0 saturated carbocycles. The summed E-state index contributed by atoms with van der Waals surface area (Å²) in [4.78, 5) is 11.9. The average Bonchev–Trinajstić information content (AvgIpc) is 2.68. The summed E-state index contributed by atoms with van der Waals surface area (Å²) in [5.74, 6) is -0.784. The third kappa shape index (κ3) is 7.69. The summed E-state index contributed by atoms with van der Waals surface area (Å²) in [6.07, 6.45) is -2.87. The average molecular weight is 436 g/mol. The van der Waals surface area contributed by atoms with Crippen molar-refractivity contribution >= 4 is 5.97 Å². The number of carbonyl (C=O) groups is 1. The molecule has 2 N–H and O–H groups in total. The number of carboxylic acid groups (broad SMARTS) is 1. The van der Waals surface area contributed by atoms with Gasteiger partial charge in [0.15, 0.2) is 0 Å². The largest absolute Gasteiger partial charge is 0.481 e. The summed E-state index contributed by atoms with van der Waals surface area (Å²) < 4.78 is 38.8. The summed E-state index contributed by atoms with van der Waals surface area (Å²) in [6, 6.07) is 10.6. The highest BCUT2D eigenvalue weighted by Gasteiger charge is 2.30. The van der Waals surface area contributed by atoms with Crippen LogP contribution in [0.15, 0.2) is 42.5 Å². The summed E-state index contributed by atoms with van der Waals surface area (Å²) in [7, 11) is 0. The van der Waals surface area contributed by atoms with Gasteiger partial charge in [0, 0.05) is 6.54 Å². The minimum absolute atomic E-state index is 0.198. The molecule has 0 radical (unpaired) electrons. The van der Waals surface area contributed by atoms with Gasteiger partial charge in [0.2, 0.25) is 0 Å². The van der Waals surface area contributed by atoms with Gasteiger partial charge in [0.05, 0.1) is 11.5 Å². The van der Waals surface area contributed by atoms with Crippen LogP contribution in [0.3, 0.4) is 0 Å². The second-order valence-electron chi connectivity index (χ2n) is 8.92. The maximum Gasteiger partial charge on any atom is 0.416 e. The van der Waals surface area contributed by atoms with Gasteiger partial charge in [-0.05, 0) is 71.7 Å².